The molecule has 156 valence electrons. The number of aromatic nitrogens is 1. The van der Waals surface area contributed by atoms with Crippen LogP contribution in [0.1, 0.15) is 34.2 Å². The highest BCUT2D eigenvalue weighted by molar-refractivity contribution is 8.18. The number of imide groups is 1. The number of nitrogens with zero attached hydrogens (tertiary/aromatic N) is 2. The van der Waals surface area contributed by atoms with Crippen LogP contribution in [0.4, 0.5) is 4.79 Å². The Balaban J connectivity index is 1.86. The lowest BCUT2D eigenvalue weighted by Crippen LogP contribution is -2.42. The Morgan fingerprint density at radius 2 is 1.83 bits per heavy atom. The molecule has 0 aliphatic carbocycles. The number of esters is 1. The molecule has 0 radical (unpaired) electrons. The lowest BCUT2D eigenvalue weighted by atomic mass is 10.2. The summed E-state index contributed by atoms with van der Waals surface area (Å²) in [5, 5.41) is -0.532. The maximum Gasteiger partial charge on any atom is 0.328 e. The molecule has 0 saturated carbocycles. The number of hydrogen-bond acceptors (Lipinski definition) is 6. The van der Waals surface area contributed by atoms with Crippen LogP contribution in [0.2, 0.25) is 0 Å². The summed E-state index contributed by atoms with van der Waals surface area (Å²) < 4.78 is 6.26. The van der Waals surface area contributed by atoms with E-state index in [9.17, 15) is 19.2 Å². The maximum absolute atomic E-state index is 12.7. The van der Waals surface area contributed by atoms with Gasteiger partial charge in [-0.05, 0) is 62.4 Å². The molecule has 0 unspecified atom stereocenters. The van der Waals surface area contributed by atoms with Crippen molar-refractivity contribution in [3.05, 3.63) is 63.8 Å². The highest BCUT2D eigenvalue weighted by Crippen LogP contribution is 2.34. The molecule has 2 heterocycles. The Morgan fingerprint density at radius 1 is 1.17 bits per heavy atom. The van der Waals surface area contributed by atoms with Crippen LogP contribution in [-0.2, 0) is 14.3 Å². The SMILES string of the molecule is COC(=O)[C@@H](C)N1C(=O)S/C(=C/c2cc(C)n(NC(=O)c3ccccc3)c2C)C1=O. The Hall–Kier alpha value is -3.33. The zero-order valence-electron chi connectivity index (χ0n) is 17.0. The molecule has 1 N–H and O–H groups in total. The Bertz CT molecular complexity index is 1060. The number of nitrogens with one attached hydrogen (secondary N) is 1. The average molecular weight is 427 g/mol. The molecular weight excluding hydrogens is 406 g/mol. The standard InChI is InChI=1S/C21H21N3O5S/c1-12-10-16(13(2)24(12)22-18(25)15-8-6-5-7-9-15)11-17-19(26)23(21(28)30-17)14(3)20(27)29-4/h5-11,14H,1-4H3,(H,22,25)/b17-11+/t14-/m1/s1. The van der Waals surface area contributed by atoms with Crippen molar-refractivity contribution in [2.75, 3.05) is 12.5 Å². The van der Waals surface area contributed by atoms with E-state index in [4.69, 9.17) is 0 Å². The van der Waals surface area contributed by atoms with Crippen LogP contribution in [0, 0.1) is 13.8 Å². The van der Waals surface area contributed by atoms with E-state index in [-0.39, 0.29) is 10.8 Å². The first-order valence-corrected chi connectivity index (χ1v) is 9.96. The molecule has 1 atom stereocenters. The quantitative estimate of drug-likeness (QED) is 0.582. The van der Waals surface area contributed by atoms with Crippen molar-refractivity contribution in [2.45, 2.75) is 26.8 Å². The van der Waals surface area contributed by atoms with Crippen LogP contribution in [0.15, 0.2) is 41.3 Å². The number of hydrogen-bond donors (Lipinski definition) is 1. The van der Waals surface area contributed by atoms with E-state index in [2.05, 4.69) is 10.2 Å². The second-order valence-corrected chi connectivity index (χ2v) is 7.71. The molecular formula is C21H21N3O5S. The van der Waals surface area contributed by atoms with Gasteiger partial charge in [0.15, 0.2) is 0 Å². The minimum Gasteiger partial charge on any atom is -0.467 e. The molecule has 0 spiro atoms. The Morgan fingerprint density at radius 3 is 2.47 bits per heavy atom. The van der Waals surface area contributed by atoms with Gasteiger partial charge in [-0.15, -0.1) is 0 Å². The maximum atomic E-state index is 12.7. The summed E-state index contributed by atoms with van der Waals surface area (Å²) in [7, 11) is 1.20. The Labute approximate surface area is 177 Å². The van der Waals surface area contributed by atoms with Crippen molar-refractivity contribution < 1.29 is 23.9 Å². The highest BCUT2D eigenvalue weighted by Gasteiger charge is 2.41. The van der Waals surface area contributed by atoms with Crippen molar-refractivity contribution in [2.24, 2.45) is 0 Å². The van der Waals surface area contributed by atoms with Crippen LogP contribution in [-0.4, -0.2) is 45.8 Å². The van der Waals surface area contributed by atoms with E-state index < -0.39 is 23.2 Å². The molecule has 9 heteroatoms. The van der Waals surface area contributed by atoms with Gasteiger partial charge in [0.05, 0.1) is 12.0 Å². The first-order valence-electron chi connectivity index (χ1n) is 9.14. The van der Waals surface area contributed by atoms with Gasteiger partial charge in [0.25, 0.3) is 17.1 Å². The second kappa shape index (κ2) is 8.58. The van der Waals surface area contributed by atoms with E-state index in [1.807, 2.05) is 13.0 Å². The van der Waals surface area contributed by atoms with Gasteiger partial charge >= 0.3 is 5.97 Å². The van der Waals surface area contributed by atoms with Crippen LogP contribution >= 0.6 is 11.8 Å². The van der Waals surface area contributed by atoms with Gasteiger partial charge in [-0.25, -0.2) is 4.79 Å². The normalized spacial score (nSPS) is 16.1. The van der Waals surface area contributed by atoms with Gasteiger partial charge in [0.2, 0.25) is 0 Å². The number of benzene rings is 1. The summed E-state index contributed by atoms with van der Waals surface area (Å²) in [6, 6.07) is 9.60. The summed E-state index contributed by atoms with van der Waals surface area (Å²) in [5.74, 6) is -1.49. The molecule has 1 aromatic heterocycles. The molecule has 3 amide bonds. The third-order valence-electron chi connectivity index (χ3n) is 4.76. The summed E-state index contributed by atoms with van der Waals surface area (Å²) in [6.45, 7) is 5.06. The fraction of sp³-hybridized carbons (Fsp3) is 0.238. The molecule has 1 fully saturated rings. The average Bonchev–Trinajstić information content (AvgIpc) is 3.16. The van der Waals surface area contributed by atoms with Gasteiger partial charge in [0, 0.05) is 17.0 Å². The van der Waals surface area contributed by atoms with Gasteiger partial charge in [-0.1, -0.05) is 18.2 Å². The second-order valence-electron chi connectivity index (χ2n) is 6.72. The van der Waals surface area contributed by atoms with Gasteiger partial charge in [0.1, 0.15) is 6.04 Å². The fourth-order valence-corrected chi connectivity index (χ4v) is 3.99. The third kappa shape index (κ3) is 4.02. The fourth-order valence-electron chi connectivity index (χ4n) is 3.09. The van der Waals surface area contributed by atoms with Crippen molar-refractivity contribution in [1.29, 1.82) is 0 Å². The largest absolute Gasteiger partial charge is 0.467 e. The summed E-state index contributed by atoms with van der Waals surface area (Å²) in [6.07, 6.45) is 1.59. The number of thioether (sulfide) groups is 1. The number of carbonyl (C=O) groups excluding carboxylic acids is 4. The topological polar surface area (TPSA) is 97.7 Å². The van der Waals surface area contributed by atoms with Crippen molar-refractivity contribution in [3.63, 3.8) is 0 Å². The number of amides is 3. The first-order chi connectivity index (χ1) is 14.2. The van der Waals surface area contributed by atoms with E-state index in [1.165, 1.54) is 14.0 Å². The number of aryl methyl sites for hydroxylation is 1. The van der Waals surface area contributed by atoms with Crippen LogP contribution < -0.4 is 5.43 Å². The molecule has 1 saturated heterocycles. The third-order valence-corrected chi connectivity index (χ3v) is 5.64. The number of ether oxygens (including phenoxy) is 1. The minimum absolute atomic E-state index is 0.199. The van der Waals surface area contributed by atoms with E-state index in [0.29, 0.717) is 16.8 Å². The molecule has 0 bridgehead atoms. The van der Waals surface area contributed by atoms with Gasteiger partial charge in [-0.2, -0.15) is 0 Å². The lowest BCUT2D eigenvalue weighted by molar-refractivity contribution is -0.148. The zero-order valence-corrected chi connectivity index (χ0v) is 17.8. The predicted molar refractivity (Wildman–Crippen MR) is 113 cm³/mol. The lowest BCUT2D eigenvalue weighted by Gasteiger charge is -2.18. The van der Waals surface area contributed by atoms with E-state index in [1.54, 1.807) is 48.0 Å². The molecule has 1 aromatic carbocycles. The molecule has 3 rings (SSSR count). The zero-order chi connectivity index (χ0) is 22.0. The Kier molecular flexibility index (Phi) is 6.12. The van der Waals surface area contributed by atoms with Crippen LogP contribution in [0.3, 0.4) is 0 Å². The monoisotopic (exact) mass is 427 g/mol. The van der Waals surface area contributed by atoms with Crippen molar-refractivity contribution >= 4 is 40.9 Å². The van der Waals surface area contributed by atoms with Crippen LogP contribution in [0.5, 0.6) is 0 Å². The summed E-state index contributed by atoms with van der Waals surface area (Å²) >= 11 is 0.762. The summed E-state index contributed by atoms with van der Waals surface area (Å²) in [5.41, 5.74) is 5.48. The number of rotatable bonds is 5. The minimum atomic E-state index is -1.01. The molecule has 1 aliphatic heterocycles. The van der Waals surface area contributed by atoms with Gasteiger partial charge < -0.3 is 4.74 Å². The smallest absolute Gasteiger partial charge is 0.328 e. The number of methoxy groups -OCH3 is 1. The summed E-state index contributed by atoms with van der Waals surface area (Å²) in [4.78, 5) is 50.2. The molecule has 1 aliphatic rings. The molecule has 2 aromatic rings. The first kappa shape index (κ1) is 21.4. The van der Waals surface area contributed by atoms with Gasteiger partial charge in [-0.3, -0.25) is 29.4 Å². The molecule has 8 nitrogen and oxygen atoms in total. The molecule has 30 heavy (non-hydrogen) atoms. The van der Waals surface area contributed by atoms with Crippen molar-refractivity contribution in [3.8, 4) is 0 Å². The predicted octanol–water partition coefficient (Wildman–Crippen LogP) is 3.09. The highest BCUT2D eigenvalue weighted by atomic mass is 32.2. The van der Waals surface area contributed by atoms with E-state index in [0.717, 1.165) is 22.4 Å². The number of carbonyl (C=O) groups is 4. The van der Waals surface area contributed by atoms with Crippen molar-refractivity contribution in [1.82, 2.24) is 9.58 Å². The van der Waals surface area contributed by atoms with Crippen LogP contribution in [0.25, 0.3) is 6.08 Å². The van der Waals surface area contributed by atoms with E-state index >= 15 is 0 Å².